The molecule has 0 fully saturated rings. The largest absolute Gasteiger partial charge is 0.573 e. The van der Waals surface area contributed by atoms with Gasteiger partial charge in [-0.2, -0.15) is 0 Å². The number of carbonyl (C=O) groups is 1. The topological polar surface area (TPSA) is 65.0 Å². The van der Waals surface area contributed by atoms with E-state index in [1.165, 1.54) is 36.4 Å². The smallest absolute Gasteiger partial charge is 0.478 e. The summed E-state index contributed by atoms with van der Waals surface area (Å²) >= 11 is 0. The van der Waals surface area contributed by atoms with Crippen LogP contribution in [0.5, 0.6) is 23.0 Å². The van der Waals surface area contributed by atoms with E-state index in [0.717, 1.165) is 0 Å². The molecule has 0 unspecified atom stereocenters. The average molecular weight is 428 g/mol. The predicted octanol–water partition coefficient (Wildman–Crippen LogP) is 5.51. The molecule has 31 heavy (non-hydrogen) atoms. The molecule has 0 aliphatic carbocycles. The Hall–Kier alpha value is -4.12. The first kappa shape index (κ1) is 21.6. The van der Waals surface area contributed by atoms with Gasteiger partial charge in [-0.15, -0.1) is 13.2 Å². The summed E-state index contributed by atoms with van der Waals surface area (Å²) in [5, 5.41) is 9.08. The number of para-hydroxylation sites is 2. The summed E-state index contributed by atoms with van der Waals surface area (Å²) in [6, 6.07) is 18.0. The highest BCUT2D eigenvalue weighted by atomic mass is 19.4. The third-order valence-electron chi connectivity index (χ3n) is 3.78. The van der Waals surface area contributed by atoms with E-state index in [9.17, 15) is 18.0 Å². The summed E-state index contributed by atoms with van der Waals surface area (Å²) in [4.78, 5) is 11.1. The summed E-state index contributed by atoms with van der Waals surface area (Å²) in [6.07, 6.45) is -4.74. The lowest BCUT2D eigenvalue weighted by Gasteiger charge is -2.11. The van der Waals surface area contributed by atoms with Gasteiger partial charge in [0.25, 0.3) is 0 Å². The van der Waals surface area contributed by atoms with Crippen LogP contribution in [-0.4, -0.2) is 24.0 Å². The summed E-state index contributed by atoms with van der Waals surface area (Å²) in [5.74, 6) is 5.25. The number of ether oxygens (including phenoxy) is 3. The molecule has 0 radical (unpaired) electrons. The molecule has 3 aromatic carbocycles. The van der Waals surface area contributed by atoms with Crippen LogP contribution in [0.4, 0.5) is 13.2 Å². The number of aromatic carboxylic acids is 1. The fraction of sp³-hybridized carbons (Fsp3) is 0.0870. The van der Waals surface area contributed by atoms with Crippen molar-refractivity contribution in [3.63, 3.8) is 0 Å². The predicted molar refractivity (Wildman–Crippen MR) is 105 cm³/mol. The van der Waals surface area contributed by atoms with Crippen LogP contribution in [-0.2, 0) is 0 Å². The Bertz CT molecular complexity index is 1110. The third kappa shape index (κ3) is 6.72. The molecule has 0 atom stereocenters. The van der Waals surface area contributed by atoms with Crippen molar-refractivity contribution in [3.05, 3.63) is 83.9 Å². The van der Waals surface area contributed by atoms with Gasteiger partial charge >= 0.3 is 12.3 Å². The van der Waals surface area contributed by atoms with E-state index in [0.29, 0.717) is 22.8 Å². The van der Waals surface area contributed by atoms with Crippen LogP contribution in [0.25, 0.3) is 0 Å². The van der Waals surface area contributed by atoms with E-state index in [2.05, 4.69) is 16.6 Å². The zero-order chi connectivity index (χ0) is 22.3. The lowest BCUT2D eigenvalue weighted by atomic mass is 10.2. The summed E-state index contributed by atoms with van der Waals surface area (Å²) in [7, 11) is 0. The maximum Gasteiger partial charge on any atom is 0.573 e. The molecule has 158 valence electrons. The Kier molecular flexibility index (Phi) is 6.67. The van der Waals surface area contributed by atoms with Crippen molar-refractivity contribution < 1.29 is 37.3 Å². The average Bonchev–Trinajstić information content (AvgIpc) is 2.72. The van der Waals surface area contributed by atoms with Crippen LogP contribution in [0.3, 0.4) is 0 Å². The summed E-state index contributed by atoms with van der Waals surface area (Å²) in [5.41, 5.74) is 0.585. The van der Waals surface area contributed by atoms with Crippen LogP contribution in [0, 0.1) is 11.8 Å². The molecule has 3 aromatic rings. The van der Waals surface area contributed by atoms with Crippen molar-refractivity contribution in [2.45, 2.75) is 6.36 Å². The SMILES string of the molecule is O=C(O)c1cccc(Oc2ccccc2OCC#Cc2ccc(OC(F)(F)F)cc2)c1. The Morgan fingerprint density at radius 1 is 0.903 bits per heavy atom. The molecule has 5 nitrogen and oxygen atoms in total. The highest BCUT2D eigenvalue weighted by Crippen LogP contribution is 2.31. The van der Waals surface area contributed by atoms with Crippen molar-refractivity contribution in [1.82, 2.24) is 0 Å². The molecule has 0 spiro atoms. The molecular weight excluding hydrogens is 413 g/mol. The van der Waals surface area contributed by atoms with E-state index >= 15 is 0 Å². The second kappa shape index (κ2) is 9.59. The number of carboxylic acid groups (broad SMARTS) is 1. The van der Waals surface area contributed by atoms with Crippen LogP contribution in [0.2, 0.25) is 0 Å². The van der Waals surface area contributed by atoms with Crippen LogP contribution in [0.15, 0.2) is 72.8 Å². The van der Waals surface area contributed by atoms with Gasteiger partial charge in [-0.1, -0.05) is 30.0 Å². The monoisotopic (exact) mass is 428 g/mol. The van der Waals surface area contributed by atoms with Crippen molar-refractivity contribution in [1.29, 1.82) is 0 Å². The minimum atomic E-state index is -4.74. The van der Waals surface area contributed by atoms with Gasteiger partial charge in [0.2, 0.25) is 0 Å². The quantitative estimate of drug-likeness (QED) is 0.525. The molecular formula is C23H15F3O5. The van der Waals surface area contributed by atoms with Crippen molar-refractivity contribution in [2.75, 3.05) is 6.61 Å². The first-order valence-electron chi connectivity index (χ1n) is 8.88. The van der Waals surface area contributed by atoms with E-state index in [1.54, 1.807) is 36.4 Å². The van der Waals surface area contributed by atoms with E-state index in [-0.39, 0.29) is 17.9 Å². The minimum Gasteiger partial charge on any atom is -0.478 e. The number of hydrogen-bond donors (Lipinski definition) is 1. The fourth-order valence-corrected chi connectivity index (χ4v) is 2.47. The molecule has 0 aromatic heterocycles. The number of benzene rings is 3. The number of rotatable bonds is 6. The molecule has 0 heterocycles. The molecule has 0 aliphatic rings. The van der Waals surface area contributed by atoms with Gasteiger partial charge in [0.05, 0.1) is 5.56 Å². The summed E-state index contributed by atoms with van der Waals surface area (Å²) in [6.45, 7) is -0.00363. The van der Waals surface area contributed by atoms with Gasteiger partial charge in [0.15, 0.2) is 11.5 Å². The van der Waals surface area contributed by atoms with Crippen LogP contribution >= 0.6 is 0 Å². The third-order valence-corrected chi connectivity index (χ3v) is 3.78. The van der Waals surface area contributed by atoms with E-state index in [4.69, 9.17) is 14.6 Å². The number of carboxylic acids is 1. The Labute approximate surface area is 175 Å². The molecule has 1 N–H and O–H groups in total. The Balaban J connectivity index is 1.62. The molecule has 0 aliphatic heterocycles. The zero-order valence-corrected chi connectivity index (χ0v) is 15.8. The van der Waals surface area contributed by atoms with Crippen molar-refractivity contribution >= 4 is 5.97 Å². The van der Waals surface area contributed by atoms with Gasteiger partial charge in [0, 0.05) is 5.56 Å². The second-order valence-electron chi connectivity index (χ2n) is 6.04. The summed E-state index contributed by atoms with van der Waals surface area (Å²) < 4.78 is 51.7. The fourth-order valence-electron chi connectivity index (χ4n) is 2.47. The van der Waals surface area contributed by atoms with Crippen molar-refractivity contribution in [2.24, 2.45) is 0 Å². The lowest BCUT2D eigenvalue weighted by Crippen LogP contribution is -2.16. The number of alkyl halides is 3. The van der Waals surface area contributed by atoms with Gasteiger partial charge < -0.3 is 19.3 Å². The molecule has 8 heteroatoms. The van der Waals surface area contributed by atoms with Gasteiger partial charge in [-0.25, -0.2) is 4.79 Å². The normalized spacial score (nSPS) is 10.5. The number of hydrogen-bond acceptors (Lipinski definition) is 4. The number of halogens is 3. The standard InChI is InChI=1S/C23H15F3O5/c24-23(25,26)31-18-12-10-16(11-13-18)5-4-14-29-20-8-1-2-9-21(20)30-19-7-3-6-17(15-19)22(27)28/h1-3,6-13,15H,14H2,(H,27,28). The van der Waals surface area contributed by atoms with Gasteiger partial charge in [-0.05, 0) is 54.6 Å². The maximum absolute atomic E-state index is 12.2. The first-order valence-corrected chi connectivity index (χ1v) is 8.88. The minimum absolute atomic E-state index is 0.00363. The lowest BCUT2D eigenvalue weighted by molar-refractivity contribution is -0.274. The second-order valence-corrected chi connectivity index (χ2v) is 6.04. The molecule has 0 saturated heterocycles. The maximum atomic E-state index is 12.2. The van der Waals surface area contributed by atoms with E-state index in [1.807, 2.05) is 0 Å². The zero-order valence-electron chi connectivity index (χ0n) is 15.8. The van der Waals surface area contributed by atoms with E-state index < -0.39 is 12.3 Å². The van der Waals surface area contributed by atoms with Gasteiger partial charge in [0.1, 0.15) is 18.1 Å². The van der Waals surface area contributed by atoms with Crippen LogP contribution < -0.4 is 14.2 Å². The highest BCUT2D eigenvalue weighted by molar-refractivity contribution is 5.88. The Morgan fingerprint density at radius 3 is 2.29 bits per heavy atom. The van der Waals surface area contributed by atoms with Crippen LogP contribution in [0.1, 0.15) is 15.9 Å². The molecule has 0 amide bonds. The highest BCUT2D eigenvalue weighted by Gasteiger charge is 2.30. The molecule has 0 saturated carbocycles. The Morgan fingerprint density at radius 2 is 1.61 bits per heavy atom. The molecule has 0 bridgehead atoms. The molecule has 3 rings (SSSR count). The van der Waals surface area contributed by atoms with Crippen molar-refractivity contribution in [3.8, 4) is 34.8 Å². The first-order chi connectivity index (χ1) is 14.8. The van der Waals surface area contributed by atoms with Gasteiger partial charge in [-0.3, -0.25) is 0 Å².